The maximum atomic E-state index is 13.4. The predicted octanol–water partition coefficient (Wildman–Crippen LogP) is 2.16. The number of nitrogens with zero attached hydrogens (tertiary/aromatic N) is 1. The zero-order valence-corrected chi connectivity index (χ0v) is 10.6. The smallest absolute Gasteiger partial charge is 0.339 e. The number of aromatic carboxylic acids is 1. The molecule has 0 fully saturated rings. The molecule has 0 bridgehead atoms. The molecule has 2 aromatic rings. The van der Waals surface area contributed by atoms with Crippen LogP contribution in [0.1, 0.15) is 15.9 Å². The highest BCUT2D eigenvalue weighted by molar-refractivity contribution is 5.94. The van der Waals surface area contributed by atoms with Crippen molar-refractivity contribution in [2.45, 2.75) is 6.42 Å². The number of rotatable bonds is 5. The van der Waals surface area contributed by atoms with E-state index in [9.17, 15) is 9.18 Å². The first kappa shape index (κ1) is 13.8. The van der Waals surface area contributed by atoms with E-state index >= 15 is 0 Å². The Kier molecular flexibility index (Phi) is 4.14. The molecule has 6 heteroatoms. The van der Waals surface area contributed by atoms with Crippen LogP contribution in [0, 0.1) is 5.82 Å². The standard InChI is InChI=1S/C14H14FN3O2/c15-12-4-2-1-3-9(12)5-6-17-13-11(14(19)20)7-10(16)8-18-13/h1-4,7-8H,5-6,16H2,(H,17,18)(H,19,20). The average molecular weight is 275 g/mol. The molecule has 5 nitrogen and oxygen atoms in total. The summed E-state index contributed by atoms with van der Waals surface area (Å²) in [4.78, 5) is 15.0. The summed E-state index contributed by atoms with van der Waals surface area (Å²) >= 11 is 0. The lowest BCUT2D eigenvalue weighted by atomic mass is 10.1. The Morgan fingerprint density at radius 1 is 1.40 bits per heavy atom. The van der Waals surface area contributed by atoms with Gasteiger partial charge in [-0.25, -0.2) is 14.2 Å². The minimum Gasteiger partial charge on any atom is -0.478 e. The second-order valence-corrected chi connectivity index (χ2v) is 4.24. The van der Waals surface area contributed by atoms with E-state index in [-0.39, 0.29) is 22.9 Å². The topological polar surface area (TPSA) is 88.2 Å². The summed E-state index contributed by atoms with van der Waals surface area (Å²) in [5.74, 6) is -1.17. The van der Waals surface area contributed by atoms with Gasteiger partial charge >= 0.3 is 5.97 Å². The van der Waals surface area contributed by atoms with Gasteiger partial charge in [0.2, 0.25) is 0 Å². The van der Waals surface area contributed by atoms with Crippen LogP contribution < -0.4 is 11.1 Å². The normalized spacial score (nSPS) is 10.2. The second-order valence-electron chi connectivity index (χ2n) is 4.24. The number of aromatic nitrogens is 1. The van der Waals surface area contributed by atoms with Crippen LogP contribution in [-0.2, 0) is 6.42 Å². The summed E-state index contributed by atoms with van der Waals surface area (Å²) in [7, 11) is 0. The molecule has 20 heavy (non-hydrogen) atoms. The number of carboxylic acids is 1. The molecule has 0 aliphatic rings. The molecule has 1 aromatic heterocycles. The molecule has 2 rings (SSSR count). The molecule has 0 spiro atoms. The highest BCUT2D eigenvalue weighted by Crippen LogP contribution is 2.16. The van der Waals surface area contributed by atoms with Crippen LogP contribution in [0.25, 0.3) is 0 Å². The quantitative estimate of drug-likeness (QED) is 0.778. The number of carbonyl (C=O) groups is 1. The van der Waals surface area contributed by atoms with E-state index < -0.39 is 5.97 Å². The number of carboxylic acid groups (broad SMARTS) is 1. The molecule has 0 atom stereocenters. The number of hydrogen-bond donors (Lipinski definition) is 3. The second kappa shape index (κ2) is 6.01. The number of pyridine rings is 1. The van der Waals surface area contributed by atoms with E-state index in [4.69, 9.17) is 10.8 Å². The first-order chi connectivity index (χ1) is 9.58. The van der Waals surface area contributed by atoms with E-state index in [0.717, 1.165) is 0 Å². The molecule has 0 saturated carbocycles. The van der Waals surface area contributed by atoms with Crippen LogP contribution >= 0.6 is 0 Å². The average Bonchev–Trinajstić information content (AvgIpc) is 2.42. The third kappa shape index (κ3) is 3.23. The van der Waals surface area contributed by atoms with Crippen LogP contribution in [0.15, 0.2) is 36.5 Å². The lowest BCUT2D eigenvalue weighted by Crippen LogP contribution is -2.12. The molecule has 0 aliphatic heterocycles. The molecule has 0 saturated heterocycles. The molecule has 0 amide bonds. The van der Waals surface area contributed by atoms with Crippen LogP contribution in [0.2, 0.25) is 0 Å². The van der Waals surface area contributed by atoms with Crippen LogP contribution in [0.5, 0.6) is 0 Å². The van der Waals surface area contributed by atoms with Gasteiger partial charge in [0.1, 0.15) is 17.2 Å². The van der Waals surface area contributed by atoms with Gasteiger partial charge in [-0.15, -0.1) is 0 Å². The van der Waals surface area contributed by atoms with Gasteiger partial charge in [0.25, 0.3) is 0 Å². The maximum absolute atomic E-state index is 13.4. The van der Waals surface area contributed by atoms with Crippen molar-refractivity contribution in [1.29, 1.82) is 0 Å². The fourth-order valence-electron chi connectivity index (χ4n) is 1.80. The van der Waals surface area contributed by atoms with Crippen molar-refractivity contribution in [2.24, 2.45) is 0 Å². The maximum Gasteiger partial charge on any atom is 0.339 e. The fourth-order valence-corrected chi connectivity index (χ4v) is 1.80. The Balaban J connectivity index is 2.05. The van der Waals surface area contributed by atoms with Gasteiger partial charge in [0.05, 0.1) is 11.9 Å². The number of nitrogens with two attached hydrogens (primary N) is 1. The summed E-state index contributed by atoms with van der Waals surface area (Å²) in [6.45, 7) is 0.373. The Morgan fingerprint density at radius 2 is 2.15 bits per heavy atom. The third-order valence-corrected chi connectivity index (χ3v) is 2.78. The van der Waals surface area contributed by atoms with Gasteiger partial charge in [0, 0.05) is 6.54 Å². The summed E-state index contributed by atoms with van der Waals surface area (Å²) in [6, 6.07) is 7.78. The van der Waals surface area contributed by atoms with Crippen molar-refractivity contribution in [3.8, 4) is 0 Å². The summed E-state index contributed by atoms with van der Waals surface area (Å²) < 4.78 is 13.4. The first-order valence-corrected chi connectivity index (χ1v) is 6.04. The molecule has 0 aliphatic carbocycles. The zero-order chi connectivity index (χ0) is 14.5. The molecule has 1 aromatic carbocycles. The van der Waals surface area contributed by atoms with Gasteiger partial charge in [-0.1, -0.05) is 18.2 Å². The first-order valence-electron chi connectivity index (χ1n) is 6.04. The molecular formula is C14H14FN3O2. The molecule has 0 radical (unpaired) electrons. The summed E-state index contributed by atoms with van der Waals surface area (Å²) in [5.41, 5.74) is 6.34. The fraction of sp³-hybridized carbons (Fsp3) is 0.143. The Bertz CT molecular complexity index is 632. The van der Waals surface area contributed by atoms with Crippen molar-refractivity contribution in [3.63, 3.8) is 0 Å². The van der Waals surface area contributed by atoms with E-state index in [1.54, 1.807) is 18.2 Å². The lowest BCUT2D eigenvalue weighted by molar-refractivity contribution is 0.0697. The number of nitrogens with one attached hydrogen (secondary N) is 1. The molecule has 1 heterocycles. The third-order valence-electron chi connectivity index (χ3n) is 2.78. The van der Waals surface area contributed by atoms with Crippen LogP contribution in [0.4, 0.5) is 15.9 Å². The van der Waals surface area contributed by atoms with E-state index in [1.165, 1.54) is 18.3 Å². The van der Waals surface area contributed by atoms with Gasteiger partial charge in [-0.3, -0.25) is 0 Å². The van der Waals surface area contributed by atoms with Crippen molar-refractivity contribution < 1.29 is 14.3 Å². The monoisotopic (exact) mass is 275 g/mol. The van der Waals surface area contributed by atoms with Crippen molar-refractivity contribution >= 4 is 17.5 Å². The number of anilines is 2. The van der Waals surface area contributed by atoms with E-state index in [1.807, 2.05) is 0 Å². The minimum absolute atomic E-state index is 0.00136. The SMILES string of the molecule is Nc1cnc(NCCc2ccccc2F)c(C(=O)O)c1. The largest absolute Gasteiger partial charge is 0.478 e. The number of hydrogen-bond acceptors (Lipinski definition) is 4. The molecule has 104 valence electrons. The number of nitrogen functional groups attached to an aromatic ring is 1. The predicted molar refractivity (Wildman–Crippen MR) is 74.2 cm³/mol. The molecule has 4 N–H and O–H groups in total. The van der Waals surface area contributed by atoms with Gasteiger partial charge in [-0.2, -0.15) is 0 Å². The highest BCUT2D eigenvalue weighted by atomic mass is 19.1. The molecular weight excluding hydrogens is 261 g/mol. The van der Waals surface area contributed by atoms with Gasteiger partial charge < -0.3 is 16.2 Å². The highest BCUT2D eigenvalue weighted by Gasteiger charge is 2.11. The van der Waals surface area contributed by atoms with Crippen LogP contribution in [-0.4, -0.2) is 22.6 Å². The number of benzene rings is 1. The zero-order valence-electron chi connectivity index (χ0n) is 10.6. The van der Waals surface area contributed by atoms with Crippen molar-refractivity contribution in [2.75, 3.05) is 17.6 Å². The van der Waals surface area contributed by atoms with Gasteiger partial charge in [-0.05, 0) is 24.1 Å². The number of halogens is 1. The van der Waals surface area contributed by atoms with E-state index in [0.29, 0.717) is 18.5 Å². The Labute approximate surface area is 115 Å². The minimum atomic E-state index is -1.11. The van der Waals surface area contributed by atoms with Crippen LogP contribution in [0.3, 0.4) is 0 Å². The van der Waals surface area contributed by atoms with Gasteiger partial charge in [0.15, 0.2) is 0 Å². The van der Waals surface area contributed by atoms with Crippen molar-refractivity contribution in [3.05, 3.63) is 53.5 Å². The Morgan fingerprint density at radius 3 is 2.85 bits per heavy atom. The van der Waals surface area contributed by atoms with E-state index in [2.05, 4.69) is 10.3 Å². The summed E-state index contributed by atoms with van der Waals surface area (Å²) in [6.07, 6.45) is 1.80. The molecule has 0 unspecified atom stereocenters. The summed E-state index contributed by atoms with van der Waals surface area (Å²) in [5, 5.41) is 11.9. The Hall–Kier alpha value is -2.63. The lowest BCUT2D eigenvalue weighted by Gasteiger charge is -2.09. The van der Waals surface area contributed by atoms with Crippen molar-refractivity contribution in [1.82, 2.24) is 4.98 Å².